The van der Waals surface area contributed by atoms with Crippen molar-refractivity contribution >= 4 is 23.5 Å². The minimum Gasteiger partial charge on any atom is -0.465 e. The first-order chi connectivity index (χ1) is 14.0. The van der Waals surface area contributed by atoms with Gasteiger partial charge in [0.15, 0.2) is 0 Å². The Morgan fingerprint density at radius 3 is 2.72 bits per heavy atom. The number of carbonyl (C=O) groups is 2. The van der Waals surface area contributed by atoms with E-state index in [9.17, 15) is 9.59 Å². The van der Waals surface area contributed by atoms with E-state index < -0.39 is 5.41 Å². The topological polar surface area (TPSA) is 55.4 Å². The monoisotopic (exact) mass is 409 g/mol. The predicted molar refractivity (Wildman–Crippen MR) is 113 cm³/mol. The lowest BCUT2D eigenvalue weighted by Gasteiger charge is -2.24. The number of hydrogen-bond acceptors (Lipinski definition) is 3. The average Bonchev–Trinajstić information content (AvgIpc) is 3.18. The van der Waals surface area contributed by atoms with Crippen molar-refractivity contribution in [3.05, 3.63) is 82.4 Å². The Balaban J connectivity index is 1.36. The molecule has 2 atom stereocenters. The van der Waals surface area contributed by atoms with Crippen LogP contribution < -0.4 is 5.32 Å². The lowest BCUT2D eigenvalue weighted by Crippen LogP contribution is -2.31. The van der Waals surface area contributed by atoms with E-state index in [-0.39, 0.29) is 17.8 Å². The van der Waals surface area contributed by atoms with Gasteiger partial charge in [-0.15, -0.1) is 0 Å². The number of halogens is 1. The summed E-state index contributed by atoms with van der Waals surface area (Å²) in [5.74, 6) is -0.00742. The van der Waals surface area contributed by atoms with E-state index in [2.05, 4.69) is 11.9 Å². The third-order valence-corrected chi connectivity index (χ3v) is 6.45. The van der Waals surface area contributed by atoms with Gasteiger partial charge >= 0.3 is 5.97 Å². The van der Waals surface area contributed by atoms with Crippen molar-refractivity contribution in [2.45, 2.75) is 25.7 Å². The molecule has 0 radical (unpaired) electrons. The van der Waals surface area contributed by atoms with Crippen LogP contribution in [0.5, 0.6) is 0 Å². The molecule has 0 bridgehead atoms. The fraction of sp³-hybridized carbons (Fsp3) is 0.333. The molecular formula is C24H24ClNO3. The van der Waals surface area contributed by atoms with Crippen LogP contribution in [0.3, 0.4) is 0 Å². The minimum absolute atomic E-state index is 0.109. The zero-order chi connectivity index (χ0) is 20.4. The molecule has 2 aliphatic rings. The van der Waals surface area contributed by atoms with E-state index in [0.29, 0.717) is 43.0 Å². The number of fused-ring (bicyclic) bond motifs is 1. The maximum Gasteiger partial charge on any atom is 0.313 e. The minimum atomic E-state index is -0.476. The summed E-state index contributed by atoms with van der Waals surface area (Å²) in [5.41, 5.74) is 3.31. The summed E-state index contributed by atoms with van der Waals surface area (Å²) in [6, 6.07) is 15.1. The number of esters is 1. The van der Waals surface area contributed by atoms with Gasteiger partial charge in [-0.2, -0.15) is 0 Å². The Morgan fingerprint density at radius 2 is 1.97 bits per heavy atom. The summed E-state index contributed by atoms with van der Waals surface area (Å²) in [4.78, 5) is 24.8. The molecule has 2 aromatic rings. The molecule has 1 aliphatic carbocycles. The molecule has 0 aromatic heterocycles. The summed E-state index contributed by atoms with van der Waals surface area (Å²) >= 11 is 6.15. The molecule has 5 heteroatoms. The number of carbonyl (C=O) groups excluding carboxylic acids is 2. The normalized spacial score (nSPS) is 23.0. The van der Waals surface area contributed by atoms with Crippen molar-refractivity contribution < 1.29 is 14.3 Å². The molecule has 4 nitrogen and oxygen atoms in total. The van der Waals surface area contributed by atoms with Gasteiger partial charge in [0, 0.05) is 23.0 Å². The molecule has 150 valence electrons. The highest BCUT2D eigenvalue weighted by atomic mass is 35.5. The third-order valence-electron chi connectivity index (χ3n) is 6.08. The zero-order valence-electron chi connectivity index (χ0n) is 16.2. The fourth-order valence-corrected chi connectivity index (χ4v) is 4.75. The first-order valence-corrected chi connectivity index (χ1v) is 10.3. The van der Waals surface area contributed by atoms with Crippen molar-refractivity contribution in [2.24, 2.45) is 11.3 Å². The first kappa shape index (κ1) is 19.7. The van der Waals surface area contributed by atoms with Crippen molar-refractivity contribution in [1.29, 1.82) is 0 Å². The summed E-state index contributed by atoms with van der Waals surface area (Å²) in [6.07, 6.45) is 2.86. The number of allylic oxidation sites excluding steroid dienone is 1. The number of benzene rings is 2. The zero-order valence-corrected chi connectivity index (χ0v) is 17.0. The van der Waals surface area contributed by atoms with Crippen molar-refractivity contribution in [1.82, 2.24) is 5.32 Å². The van der Waals surface area contributed by atoms with Gasteiger partial charge in [-0.05, 0) is 55.0 Å². The van der Waals surface area contributed by atoms with Crippen LogP contribution in [0.4, 0.5) is 0 Å². The number of nitrogens with one attached hydrogen (secondary N) is 1. The molecule has 2 fully saturated rings. The van der Waals surface area contributed by atoms with Gasteiger partial charge in [0.2, 0.25) is 0 Å². The van der Waals surface area contributed by atoms with Crippen LogP contribution in [0.2, 0.25) is 5.02 Å². The first-order valence-electron chi connectivity index (χ1n) is 9.92. The molecule has 1 N–H and O–H groups in total. The van der Waals surface area contributed by atoms with Gasteiger partial charge in [-0.1, -0.05) is 54.1 Å². The van der Waals surface area contributed by atoms with E-state index in [1.807, 2.05) is 48.5 Å². The van der Waals surface area contributed by atoms with Gasteiger partial charge in [0.25, 0.3) is 5.91 Å². The van der Waals surface area contributed by atoms with Crippen LogP contribution in [-0.4, -0.2) is 25.0 Å². The molecule has 2 aromatic carbocycles. The summed E-state index contributed by atoms with van der Waals surface area (Å²) in [6.45, 7) is 5.09. The van der Waals surface area contributed by atoms with Crippen LogP contribution >= 0.6 is 11.6 Å². The number of hydrogen-bond donors (Lipinski definition) is 1. The molecule has 1 saturated heterocycles. The standard InChI is InChI=1S/C24H24ClNO3/c1-16-12-20-15-29-23(28)24(20,13-16)14-17-6-8-19(9-7-17)22(27)26-11-10-18-4-2-3-5-21(18)25/h2-9,20H,1,10-15H2,(H,26,27). The predicted octanol–water partition coefficient (Wildman–Crippen LogP) is 4.36. The summed E-state index contributed by atoms with van der Waals surface area (Å²) < 4.78 is 5.34. The number of cyclic esters (lactones) is 1. The summed E-state index contributed by atoms with van der Waals surface area (Å²) in [7, 11) is 0. The molecule has 4 rings (SSSR count). The Bertz CT molecular complexity index is 953. The highest BCUT2D eigenvalue weighted by Gasteiger charge is 2.55. The molecular weight excluding hydrogens is 386 g/mol. The van der Waals surface area contributed by atoms with Gasteiger partial charge in [-0.25, -0.2) is 0 Å². The van der Waals surface area contributed by atoms with Crippen LogP contribution in [0, 0.1) is 11.3 Å². The van der Waals surface area contributed by atoms with E-state index in [1.54, 1.807) is 0 Å². The van der Waals surface area contributed by atoms with Crippen molar-refractivity contribution in [2.75, 3.05) is 13.2 Å². The maximum absolute atomic E-state index is 12.4. The summed E-state index contributed by atoms with van der Waals surface area (Å²) in [5, 5.41) is 3.64. The van der Waals surface area contributed by atoms with Crippen molar-refractivity contribution in [3.8, 4) is 0 Å². The Kier molecular flexibility index (Phi) is 5.46. The lowest BCUT2D eigenvalue weighted by molar-refractivity contribution is -0.146. The van der Waals surface area contributed by atoms with Crippen LogP contribution in [-0.2, 0) is 22.4 Å². The average molecular weight is 410 g/mol. The number of ether oxygens (including phenoxy) is 1. The molecule has 0 spiro atoms. The maximum atomic E-state index is 12.4. The molecule has 29 heavy (non-hydrogen) atoms. The van der Waals surface area contributed by atoms with Crippen LogP contribution in [0.15, 0.2) is 60.7 Å². The number of rotatable bonds is 6. The van der Waals surface area contributed by atoms with E-state index >= 15 is 0 Å². The number of amides is 1. The van der Waals surface area contributed by atoms with Crippen LogP contribution in [0.25, 0.3) is 0 Å². The van der Waals surface area contributed by atoms with E-state index in [0.717, 1.165) is 23.1 Å². The second-order valence-corrected chi connectivity index (χ2v) is 8.46. The fourth-order valence-electron chi connectivity index (χ4n) is 4.51. The van der Waals surface area contributed by atoms with E-state index in [1.165, 1.54) is 0 Å². The Labute approximate surface area is 175 Å². The molecule has 1 saturated carbocycles. The molecule has 2 unspecified atom stereocenters. The van der Waals surface area contributed by atoms with Crippen LogP contribution in [0.1, 0.15) is 34.3 Å². The Hall–Kier alpha value is -2.59. The smallest absolute Gasteiger partial charge is 0.313 e. The SMILES string of the molecule is C=C1CC2COC(=O)C2(Cc2ccc(C(=O)NCCc3ccccc3Cl)cc2)C1. The third kappa shape index (κ3) is 3.95. The lowest BCUT2D eigenvalue weighted by atomic mass is 9.75. The van der Waals surface area contributed by atoms with Crippen molar-refractivity contribution in [3.63, 3.8) is 0 Å². The van der Waals surface area contributed by atoms with Gasteiger partial charge in [-0.3, -0.25) is 9.59 Å². The second-order valence-electron chi connectivity index (χ2n) is 8.05. The largest absolute Gasteiger partial charge is 0.465 e. The van der Waals surface area contributed by atoms with Gasteiger partial charge < -0.3 is 10.1 Å². The molecule has 1 aliphatic heterocycles. The van der Waals surface area contributed by atoms with Gasteiger partial charge in [0.05, 0.1) is 12.0 Å². The molecule has 1 heterocycles. The Morgan fingerprint density at radius 1 is 1.21 bits per heavy atom. The van der Waals surface area contributed by atoms with Gasteiger partial charge in [0.1, 0.15) is 0 Å². The van der Waals surface area contributed by atoms with E-state index in [4.69, 9.17) is 16.3 Å². The second kappa shape index (κ2) is 8.03. The highest BCUT2D eigenvalue weighted by molar-refractivity contribution is 6.31. The highest BCUT2D eigenvalue weighted by Crippen LogP contribution is 2.52. The molecule has 1 amide bonds. The quantitative estimate of drug-likeness (QED) is 0.569.